The zero-order valence-electron chi connectivity index (χ0n) is 10.1. The Balaban J connectivity index is 2.72. The average Bonchev–Trinajstić information content (AvgIpc) is 2.62. The summed E-state index contributed by atoms with van der Waals surface area (Å²) in [6.45, 7) is 5.02. The Labute approximate surface area is 95.7 Å². The van der Waals surface area contributed by atoms with Gasteiger partial charge in [-0.15, -0.1) is 0 Å². The van der Waals surface area contributed by atoms with Gasteiger partial charge in [-0.25, -0.2) is 4.79 Å². The van der Waals surface area contributed by atoms with E-state index in [0.29, 0.717) is 5.57 Å². The van der Waals surface area contributed by atoms with Crippen molar-refractivity contribution in [2.75, 3.05) is 0 Å². The van der Waals surface area contributed by atoms with Crippen molar-refractivity contribution in [1.82, 2.24) is 5.32 Å². The minimum absolute atomic E-state index is 0.110. The van der Waals surface area contributed by atoms with Crippen LogP contribution in [-0.4, -0.2) is 22.5 Å². The summed E-state index contributed by atoms with van der Waals surface area (Å²) in [7, 11) is 0. The number of hydrogen-bond acceptors (Lipinski definition) is 2. The summed E-state index contributed by atoms with van der Waals surface area (Å²) >= 11 is 0. The lowest BCUT2D eigenvalue weighted by atomic mass is 9.99. The van der Waals surface area contributed by atoms with Crippen molar-refractivity contribution < 1.29 is 14.7 Å². The SMILES string of the molecule is CC(C(=O)O)=C(C)C(=O)NC1(C)CCCC1. The predicted molar refractivity (Wildman–Crippen MR) is 61.0 cm³/mol. The summed E-state index contributed by atoms with van der Waals surface area (Å²) in [4.78, 5) is 22.5. The van der Waals surface area contributed by atoms with E-state index in [4.69, 9.17) is 5.11 Å². The Bertz CT molecular complexity index is 338. The molecule has 0 heterocycles. The number of carbonyl (C=O) groups excluding carboxylic acids is 1. The van der Waals surface area contributed by atoms with E-state index in [9.17, 15) is 9.59 Å². The van der Waals surface area contributed by atoms with Crippen molar-refractivity contribution in [3.8, 4) is 0 Å². The lowest BCUT2D eigenvalue weighted by molar-refractivity contribution is -0.133. The van der Waals surface area contributed by atoms with E-state index in [1.165, 1.54) is 6.92 Å². The third-order valence-electron chi connectivity index (χ3n) is 3.35. The molecule has 0 bridgehead atoms. The lowest BCUT2D eigenvalue weighted by Gasteiger charge is -2.25. The van der Waals surface area contributed by atoms with Crippen LogP contribution in [0.5, 0.6) is 0 Å². The number of aliphatic carboxylic acids is 1. The van der Waals surface area contributed by atoms with Gasteiger partial charge in [0.1, 0.15) is 0 Å². The van der Waals surface area contributed by atoms with Crippen LogP contribution in [-0.2, 0) is 9.59 Å². The molecular formula is C12H19NO3. The van der Waals surface area contributed by atoms with Crippen LogP contribution in [0, 0.1) is 0 Å². The zero-order valence-corrected chi connectivity index (χ0v) is 10.1. The first-order chi connectivity index (χ1) is 7.36. The average molecular weight is 225 g/mol. The number of amides is 1. The van der Waals surface area contributed by atoms with Crippen LogP contribution >= 0.6 is 0 Å². The fraction of sp³-hybridized carbons (Fsp3) is 0.667. The van der Waals surface area contributed by atoms with Gasteiger partial charge in [0.05, 0.1) is 0 Å². The molecule has 1 rings (SSSR count). The summed E-state index contributed by atoms with van der Waals surface area (Å²) in [5, 5.41) is 11.7. The molecule has 0 spiro atoms. The molecule has 0 radical (unpaired) electrons. The number of carboxylic acids is 1. The van der Waals surface area contributed by atoms with Crippen LogP contribution in [0.2, 0.25) is 0 Å². The van der Waals surface area contributed by atoms with Crippen LogP contribution in [0.1, 0.15) is 46.5 Å². The molecule has 0 aromatic heterocycles. The molecule has 16 heavy (non-hydrogen) atoms. The van der Waals surface area contributed by atoms with Crippen molar-refractivity contribution in [1.29, 1.82) is 0 Å². The van der Waals surface area contributed by atoms with E-state index < -0.39 is 5.97 Å². The highest BCUT2D eigenvalue weighted by Gasteiger charge is 2.30. The van der Waals surface area contributed by atoms with Crippen LogP contribution in [0.15, 0.2) is 11.1 Å². The van der Waals surface area contributed by atoms with Gasteiger partial charge < -0.3 is 10.4 Å². The molecule has 1 fully saturated rings. The Morgan fingerprint density at radius 1 is 1.12 bits per heavy atom. The number of carbonyl (C=O) groups is 2. The zero-order chi connectivity index (χ0) is 12.3. The highest BCUT2D eigenvalue weighted by Crippen LogP contribution is 2.29. The summed E-state index contributed by atoms with van der Waals surface area (Å²) < 4.78 is 0. The van der Waals surface area contributed by atoms with E-state index in [-0.39, 0.29) is 17.0 Å². The first-order valence-electron chi connectivity index (χ1n) is 5.59. The predicted octanol–water partition coefficient (Wildman–Crippen LogP) is 1.86. The third-order valence-corrected chi connectivity index (χ3v) is 3.35. The van der Waals surface area contributed by atoms with Crippen molar-refractivity contribution in [2.45, 2.75) is 52.0 Å². The molecule has 0 aromatic rings. The second-order valence-electron chi connectivity index (χ2n) is 4.78. The molecule has 4 nitrogen and oxygen atoms in total. The number of carboxylic acid groups (broad SMARTS) is 1. The fourth-order valence-electron chi connectivity index (χ4n) is 1.98. The van der Waals surface area contributed by atoms with E-state index in [2.05, 4.69) is 5.32 Å². The normalized spacial score (nSPS) is 20.2. The summed E-state index contributed by atoms with van der Waals surface area (Å²) in [6.07, 6.45) is 4.19. The Morgan fingerprint density at radius 2 is 1.62 bits per heavy atom. The standard InChI is InChI=1S/C12H19NO3/c1-8(9(2)11(15)16)10(14)13-12(3)6-4-5-7-12/h4-7H2,1-3H3,(H,13,14)(H,15,16). The molecular weight excluding hydrogens is 206 g/mol. The van der Waals surface area contributed by atoms with Gasteiger partial charge in [-0.3, -0.25) is 4.79 Å². The first-order valence-corrected chi connectivity index (χ1v) is 5.59. The maximum absolute atomic E-state index is 11.8. The lowest BCUT2D eigenvalue weighted by Crippen LogP contribution is -2.44. The van der Waals surface area contributed by atoms with Crippen LogP contribution in [0.25, 0.3) is 0 Å². The number of nitrogens with one attached hydrogen (secondary N) is 1. The summed E-state index contributed by atoms with van der Waals surface area (Å²) in [6, 6.07) is 0. The van der Waals surface area contributed by atoms with Crippen molar-refractivity contribution >= 4 is 11.9 Å². The van der Waals surface area contributed by atoms with E-state index in [1.54, 1.807) is 6.92 Å². The van der Waals surface area contributed by atoms with Gasteiger partial charge in [0.2, 0.25) is 5.91 Å². The highest BCUT2D eigenvalue weighted by atomic mass is 16.4. The maximum Gasteiger partial charge on any atom is 0.331 e. The minimum atomic E-state index is -1.04. The Morgan fingerprint density at radius 3 is 2.06 bits per heavy atom. The van der Waals surface area contributed by atoms with Gasteiger partial charge in [-0.1, -0.05) is 12.8 Å². The largest absolute Gasteiger partial charge is 0.478 e. The molecule has 0 aromatic carbocycles. The van der Waals surface area contributed by atoms with Crippen LogP contribution in [0.3, 0.4) is 0 Å². The summed E-state index contributed by atoms with van der Waals surface area (Å²) in [5.41, 5.74) is 0.247. The monoisotopic (exact) mass is 225 g/mol. The van der Waals surface area contributed by atoms with Crippen molar-refractivity contribution in [2.24, 2.45) is 0 Å². The van der Waals surface area contributed by atoms with E-state index in [1.807, 2.05) is 6.92 Å². The molecule has 1 amide bonds. The molecule has 0 saturated heterocycles. The molecule has 4 heteroatoms. The summed E-state index contributed by atoms with van der Waals surface area (Å²) in [5.74, 6) is -1.30. The molecule has 1 aliphatic rings. The second kappa shape index (κ2) is 4.68. The fourth-order valence-corrected chi connectivity index (χ4v) is 1.98. The van der Waals surface area contributed by atoms with Crippen LogP contribution in [0.4, 0.5) is 0 Å². The topological polar surface area (TPSA) is 66.4 Å². The maximum atomic E-state index is 11.8. The molecule has 1 aliphatic carbocycles. The molecule has 0 unspecified atom stereocenters. The van der Waals surface area contributed by atoms with E-state index >= 15 is 0 Å². The quantitative estimate of drug-likeness (QED) is 0.720. The van der Waals surface area contributed by atoms with Gasteiger partial charge in [-0.05, 0) is 33.6 Å². The van der Waals surface area contributed by atoms with Gasteiger partial charge in [0.15, 0.2) is 0 Å². The van der Waals surface area contributed by atoms with Gasteiger partial charge in [0.25, 0.3) is 0 Å². The third kappa shape index (κ3) is 2.84. The molecule has 0 atom stereocenters. The molecule has 2 N–H and O–H groups in total. The van der Waals surface area contributed by atoms with Crippen LogP contribution < -0.4 is 5.32 Å². The molecule has 1 saturated carbocycles. The Hall–Kier alpha value is -1.32. The number of hydrogen-bond donors (Lipinski definition) is 2. The Kier molecular flexibility index (Phi) is 3.73. The number of rotatable bonds is 3. The molecule has 0 aliphatic heterocycles. The second-order valence-corrected chi connectivity index (χ2v) is 4.78. The first kappa shape index (κ1) is 12.7. The van der Waals surface area contributed by atoms with E-state index in [0.717, 1.165) is 25.7 Å². The van der Waals surface area contributed by atoms with Gasteiger partial charge in [-0.2, -0.15) is 0 Å². The smallest absolute Gasteiger partial charge is 0.331 e. The van der Waals surface area contributed by atoms with Crippen molar-refractivity contribution in [3.63, 3.8) is 0 Å². The van der Waals surface area contributed by atoms with Crippen molar-refractivity contribution in [3.05, 3.63) is 11.1 Å². The molecule has 90 valence electrons. The highest BCUT2D eigenvalue weighted by molar-refractivity contribution is 6.01. The van der Waals surface area contributed by atoms with Gasteiger partial charge >= 0.3 is 5.97 Å². The minimum Gasteiger partial charge on any atom is -0.478 e. The van der Waals surface area contributed by atoms with Gasteiger partial charge in [0, 0.05) is 16.7 Å².